The standard InChI is InChI=1S/C58H98N2O6/c1-51-29-21-45-53(3)25-19-27-55(5,43(53)23-31-57(45,41-51)39-47(51)61)49(63)65-37-35-59(7,8)33-17-15-13-11-12-14-16-18-34-60(9,10)36-38-66-50(64)56(6)28-20-26-54(4)44(56)24-32-58-40-48(62)52(2,42-58)30-22-46(54)58/h43-46H,11-42H2,1-10H3/q+2/t43-,44+,45-,46+,51-,52-,53+,54+,55+,56+,57-,58-/m0/s1. The third kappa shape index (κ3) is 8.97. The summed E-state index contributed by atoms with van der Waals surface area (Å²) in [5.41, 5.74) is -0.439. The average molecular weight is 919 g/mol. The third-order valence-electron chi connectivity index (χ3n) is 22.8. The number of quaternary nitrogens is 2. The third-order valence-corrected chi connectivity index (χ3v) is 22.8. The van der Waals surface area contributed by atoms with E-state index in [2.05, 4.69) is 69.7 Å². The lowest BCUT2D eigenvalue weighted by Crippen LogP contribution is -2.59. The summed E-state index contributed by atoms with van der Waals surface area (Å²) in [6, 6.07) is 0. The van der Waals surface area contributed by atoms with Crippen LogP contribution in [0.5, 0.6) is 0 Å². The molecule has 0 aromatic carbocycles. The van der Waals surface area contributed by atoms with E-state index in [1.165, 1.54) is 64.2 Å². The van der Waals surface area contributed by atoms with Gasteiger partial charge in [0.05, 0.1) is 52.1 Å². The molecule has 374 valence electrons. The first kappa shape index (κ1) is 50.6. The van der Waals surface area contributed by atoms with Crippen molar-refractivity contribution in [2.24, 2.45) is 67.0 Å². The Hall–Kier alpha value is -1.80. The zero-order valence-electron chi connectivity index (χ0n) is 44.3. The number of fused-ring (bicyclic) bond motifs is 6. The van der Waals surface area contributed by atoms with Crippen LogP contribution in [0.4, 0.5) is 0 Å². The molecule has 0 unspecified atom stereocenters. The van der Waals surface area contributed by atoms with E-state index in [1.54, 1.807) is 0 Å². The van der Waals surface area contributed by atoms with Crippen LogP contribution in [0, 0.1) is 67.0 Å². The Bertz CT molecular complexity index is 1710. The van der Waals surface area contributed by atoms with Crippen molar-refractivity contribution in [3.63, 3.8) is 0 Å². The number of Topliss-reactive ketones (excluding diaryl/α,β-unsaturated/α-hetero) is 2. The summed E-state index contributed by atoms with van der Waals surface area (Å²) >= 11 is 0. The SMILES string of the molecule is C[C@@]12CC[C@@H]3[C@@](CC[C@H]4[C@@]3(C)CCC[C@@]4(C)C(=O)OCC[N+](C)(C)CCCCCCCCCC[N+](C)(C)CCOC(=O)[C@]3(C)CCC[C@]4(C)[C@H]3CC[C@@]35CC(=O)[C@@](C)(CC[C@@H]34)C5)(CC1=O)C2. The predicted octanol–water partition coefficient (Wildman–Crippen LogP) is 12.1. The van der Waals surface area contributed by atoms with Crippen LogP contribution in [0.25, 0.3) is 0 Å². The molecule has 2 spiro atoms. The fourth-order valence-electron chi connectivity index (χ4n) is 19.0. The highest BCUT2D eigenvalue weighted by Crippen LogP contribution is 2.74. The molecule has 0 aromatic rings. The van der Waals surface area contributed by atoms with Crippen molar-refractivity contribution < 1.29 is 37.6 Å². The van der Waals surface area contributed by atoms with Crippen molar-refractivity contribution in [2.75, 3.05) is 67.6 Å². The van der Waals surface area contributed by atoms with Crippen molar-refractivity contribution in [3.8, 4) is 0 Å². The Morgan fingerprint density at radius 2 is 0.818 bits per heavy atom. The van der Waals surface area contributed by atoms with Gasteiger partial charge in [-0.1, -0.05) is 66.2 Å². The summed E-state index contributed by atoms with van der Waals surface area (Å²) in [5.74, 6) is 2.92. The molecule has 12 atom stereocenters. The van der Waals surface area contributed by atoms with Gasteiger partial charge in [-0.25, -0.2) is 0 Å². The summed E-state index contributed by atoms with van der Waals surface area (Å²) < 4.78 is 14.2. The minimum absolute atomic E-state index is 0.0380. The number of ketones is 2. The average Bonchev–Trinajstić information content (AvgIpc) is 3.54. The van der Waals surface area contributed by atoms with Crippen molar-refractivity contribution >= 4 is 23.5 Å². The summed E-state index contributed by atoms with van der Waals surface area (Å²) in [4.78, 5) is 54.3. The minimum Gasteiger partial charge on any atom is -0.459 e. The molecule has 8 nitrogen and oxygen atoms in total. The second-order valence-corrected chi connectivity index (χ2v) is 28.2. The number of ether oxygens (including phenoxy) is 2. The van der Waals surface area contributed by atoms with Gasteiger partial charge >= 0.3 is 11.9 Å². The van der Waals surface area contributed by atoms with E-state index < -0.39 is 10.8 Å². The molecule has 0 aliphatic heterocycles. The summed E-state index contributed by atoms with van der Waals surface area (Å²) in [6.45, 7) is 18.8. The van der Waals surface area contributed by atoms with Crippen LogP contribution in [-0.2, 0) is 28.7 Å². The van der Waals surface area contributed by atoms with Gasteiger partial charge in [-0.05, 0) is 175 Å². The zero-order valence-corrected chi connectivity index (χ0v) is 44.3. The number of carbonyl (C=O) groups is 4. The normalized spacial score (nSPS) is 42.8. The molecule has 0 heterocycles. The fraction of sp³-hybridized carbons (Fsp3) is 0.931. The smallest absolute Gasteiger partial charge is 0.312 e. The molecule has 8 aliphatic rings. The molecule has 4 bridgehead atoms. The van der Waals surface area contributed by atoms with Crippen LogP contribution in [0.3, 0.4) is 0 Å². The molecular formula is C58H98N2O6+2. The minimum atomic E-state index is -0.420. The van der Waals surface area contributed by atoms with E-state index in [4.69, 9.17) is 9.47 Å². The number of unbranched alkanes of at least 4 members (excludes halogenated alkanes) is 7. The Labute approximate surface area is 402 Å². The number of likely N-dealkylation sites (N-methyl/N-ethyl adjacent to an activating group) is 2. The van der Waals surface area contributed by atoms with Gasteiger partial charge in [0.25, 0.3) is 0 Å². The van der Waals surface area contributed by atoms with Gasteiger partial charge in [0.2, 0.25) is 0 Å². The molecular weight excluding hydrogens is 821 g/mol. The number of hydrogen-bond donors (Lipinski definition) is 0. The molecule has 0 N–H and O–H groups in total. The van der Waals surface area contributed by atoms with Crippen molar-refractivity contribution in [1.82, 2.24) is 0 Å². The largest absolute Gasteiger partial charge is 0.459 e. The van der Waals surface area contributed by atoms with E-state index in [0.29, 0.717) is 48.5 Å². The van der Waals surface area contributed by atoms with Crippen LogP contribution in [0.15, 0.2) is 0 Å². The molecule has 8 aliphatic carbocycles. The van der Waals surface area contributed by atoms with Crippen LogP contribution in [0.1, 0.15) is 208 Å². The van der Waals surface area contributed by atoms with Crippen LogP contribution in [-0.4, -0.2) is 100 Å². The molecule has 66 heavy (non-hydrogen) atoms. The van der Waals surface area contributed by atoms with E-state index in [-0.39, 0.29) is 44.4 Å². The van der Waals surface area contributed by atoms with Crippen molar-refractivity contribution in [2.45, 2.75) is 208 Å². The summed E-state index contributed by atoms with van der Waals surface area (Å²) in [7, 11) is 9.16. The van der Waals surface area contributed by atoms with E-state index in [0.717, 1.165) is 138 Å². The van der Waals surface area contributed by atoms with Gasteiger partial charge in [0.1, 0.15) is 37.9 Å². The van der Waals surface area contributed by atoms with Crippen molar-refractivity contribution in [3.05, 3.63) is 0 Å². The first-order chi connectivity index (χ1) is 30.9. The summed E-state index contributed by atoms with van der Waals surface area (Å²) in [6.07, 6.45) is 29.0. The first-order valence-corrected chi connectivity index (χ1v) is 28.0. The Morgan fingerprint density at radius 3 is 1.20 bits per heavy atom. The zero-order chi connectivity index (χ0) is 47.7. The molecule has 8 heteroatoms. The number of nitrogens with zero attached hydrogens (tertiary/aromatic N) is 2. The maximum atomic E-state index is 14.0. The van der Waals surface area contributed by atoms with Gasteiger partial charge in [0, 0.05) is 23.7 Å². The highest BCUT2D eigenvalue weighted by Gasteiger charge is 2.70. The highest BCUT2D eigenvalue weighted by molar-refractivity contribution is 5.89. The Morgan fingerprint density at radius 1 is 0.470 bits per heavy atom. The molecule has 8 fully saturated rings. The lowest BCUT2D eigenvalue weighted by Gasteiger charge is -2.63. The predicted molar refractivity (Wildman–Crippen MR) is 263 cm³/mol. The van der Waals surface area contributed by atoms with Gasteiger partial charge in [-0.2, -0.15) is 0 Å². The molecule has 0 saturated heterocycles. The van der Waals surface area contributed by atoms with Crippen LogP contribution >= 0.6 is 0 Å². The molecule has 0 amide bonds. The van der Waals surface area contributed by atoms with Crippen LogP contribution in [0.2, 0.25) is 0 Å². The summed E-state index contributed by atoms with van der Waals surface area (Å²) in [5, 5.41) is 0. The molecule has 8 saturated carbocycles. The molecule has 0 radical (unpaired) electrons. The quantitative estimate of drug-likeness (QED) is 0.0729. The Kier molecular flexibility index (Phi) is 13.9. The van der Waals surface area contributed by atoms with Gasteiger partial charge < -0.3 is 18.4 Å². The lowest BCUT2D eigenvalue weighted by atomic mass is 9.40. The second-order valence-electron chi connectivity index (χ2n) is 28.2. The topological polar surface area (TPSA) is 86.7 Å². The number of rotatable bonds is 19. The van der Waals surface area contributed by atoms with Crippen LogP contribution < -0.4 is 0 Å². The number of hydrogen-bond acceptors (Lipinski definition) is 6. The van der Waals surface area contributed by atoms with E-state index in [9.17, 15) is 19.2 Å². The number of esters is 2. The fourth-order valence-corrected chi connectivity index (χ4v) is 19.0. The maximum absolute atomic E-state index is 14.0. The monoisotopic (exact) mass is 919 g/mol. The van der Waals surface area contributed by atoms with Gasteiger partial charge in [-0.15, -0.1) is 0 Å². The Balaban J connectivity index is 0.672. The van der Waals surface area contributed by atoms with Gasteiger partial charge in [-0.3, -0.25) is 19.2 Å². The second kappa shape index (κ2) is 18.1. The first-order valence-electron chi connectivity index (χ1n) is 28.0. The number of carbonyl (C=O) groups excluding carboxylic acids is 4. The van der Waals surface area contributed by atoms with Crippen molar-refractivity contribution in [1.29, 1.82) is 0 Å². The molecule has 0 aromatic heterocycles. The lowest BCUT2D eigenvalue weighted by molar-refractivity contribution is -0.890. The van der Waals surface area contributed by atoms with E-state index >= 15 is 0 Å². The maximum Gasteiger partial charge on any atom is 0.312 e. The molecule has 8 rings (SSSR count). The van der Waals surface area contributed by atoms with Gasteiger partial charge in [0.15, 0.2) is 0 Å². The highest BCUT2D eigenvalue weighted by atomic mass is 16.5. The van der Waals surface area contributed by atoms with E-state index in [1.807, 2.05) is 0 Å².